The molecule has 58 heavy (non-hydrogen) atoms. The summed E-state index contributed by atoms with van der Waals surface area (Å²) in [6.07, 6.45) is 1.56. The van der Waals surface area contributed by atoms with Gasteiger partial charge in [-0.05, 0) is 92.1 Å². The third kappa shape index (κ3) is 7.36. The number of aromatic nitrogens is 3. The van der Waals surface area contributed by atoms with Gasteiger partial charge < -0.3 is 5.11 Å². The molecule has 0 bridgehead atoms. The summed E-state index contributed by atoms with van der Waals surface area (Å²) in [6, 6.07) is 30.3. The molecule has 0 radical (unpaired) electrons. The lowest BCUT2D eigenvalue weighted by Crippen LogP contribution is -2.17. The van der Waals surface area contributed by atoms with Crippen molar-refractivity contribution in [2.45, 2.75) is 78.3 Å². The first-order chi connectivity index (χ1) is 33.4. The van der Waals surface area contributed by atoms with Gasteiger partial charge in [0.05, 0.1) is 34.8 Å². The van der Waals surface area contributed by atoms with Crippen molar-refractivity contribution in [3.8, 4) is 67.5 Å². The van der Waals surface area contributed by atoms with Crippen LogP contribution in [0, 0.1) is 0 Å². The zero-order chi connectivity index (χ0) is 52.8. The van der Waals surface area contributed by atoms with Crippen molar-refractivity contribution in [1.29, 1.82) is 0 Å². The van der Waals surface area contributed by atoms with Crippen molar-refractivity contribution in [3.63, 3.8) is 0 Å². The summed E-state index contributed by atoms with van der Waals surface area (Å²) in [5.41, 5.74) is 0.527. The zero-order valence-electron chi connectivity index (χ0n) is 47.3. The maximum Gasteiger partial charge on any atom is 0.149 e. The third-order valence-electron chi connectivity index (χ3n) is 10.5. The summed E-state index contributed by atoms with van der Waals surface area (Å²) < 4.78 is 124. The van der Waals surface area contributed by atoms with Gasteiger partial charge in [-0.2, -0.15) is 0 Å². The van der Waals surface area contributed by atoms with E-state index in [2.05, 4.69) is 4.98 Å². The van der Waals surface area contributed by atoms with Gasteiger partial charge >= 0.3 is 0 Å². The Kier molecular flexibility index (Phi) is 6.34. The fourth-order valence-electron chi connectivity index (χ4n) is 7.38. The van der Waals surface area contributed by atoms with Gasteiger partial charge in [0, 0.05) is 40.8 Å². The molecule has 290 valence electrons. The quantitative estimate of drug-likeness (QED) is 0.183. The lowest BCUT2D eigenvalue weighted by atomic mass is 9.79. The molecule has 0 unspecified atom stereocenters. The van der Waals surface area contributed by atoms with E-state index in [0.29, 0.717) is 33.6 Å². The molecule has 8 aromatic rings. The Morgan fingerprint density at radius 3 is 1.98 bits per heavy atom. The van der Waals surface area contributed by atoms with Gasteiger partial charge in [-0.15, -0.1) is 0 Å². The number of rotatable bonds is 6. The van der Waals surface area contributed by atoms with Crippen LogP contribution in [0.25, 0.3) is 72.7 Å². The number of aromatic hydroxyl groups is 1. The number of pyridine rings is 1. The number of hydrogen-bond donors (Lipinski definition) is 1. The minimum absolute atomic E-state index is 0.0819. The topological polar surface area (TPSA) is 50.9 Å². The molecule has 0 aliphatic heterocycles. The van der Waals surface area contributed by atoms with Gasteiger partial charge in [0.2, 0.25) is 0 Å². The van der Waals surface area contributed by atoms with Crippen LogP contribution in [0.5, 0.6) is 5.75 Å². The van der Waals surface area contributed by atoms with E-state index in [1.54, 1.807) is 71.4 Å². The number of phenols is 1. The normalized spacial score (nSPS) is 16.4. The van der Waals surface area contributed by atoms with Crippen LogP contribution in [-0.2, 0) is 16.2 Å². The highest BCUT2D eigenvalue weighted by atomic mass is 16.3. The van der Waals surface area contributed by atoms with Crippen LogP contribution in [0.15, 0.2) is 152 Å². The van der Waals surface area contributed by atoms with Crippen LogP contribution >= 0.6 is 0 Å². The van der Waals surface area contributed by atoms with Gasteiger partial charge in [-0.3, -0.25) is 9.55 Å². The Morgan fingerprint density at radius 1 is 0.569 bits per heavy atom. The van der Waals surface area contributed by atoms with Gasteiger partial charge in [-0.1, -0.05) is 165 Å². The molecule has 8 rings (SSSR count). The summed E-state index contributed by atoms with van der Waals surface area (Å²) in [5, 5.41) is 12.5. The van der Waals surface area contributed by atoms with Crippen LogP contribution < -0.4 is 0 Å². The summed E-state index contributed by atoms with van der Waals surface area (Å²) >= 11 is 0. The van der Waals surface area contributed by atoms with Crippen molar-refractivity contribution in [3.05, 3.63) is 168 Å². The molecule has 0 fully saturated rings. The molecular weight excluding hydrogens is 707 g/mol. The van der Waals surface area contributed by atoms with E-state index in [4.69, 9.17) is 24.2 Å². The van der Waals surface area contributed by atoms with Crippen LogP contribution in [0.2, 0.25) is 0 Å². The monoisotopic (exact) mass is 774 g/mol. The van der Waals surface area contributed by atoms with Crippen molar-refractivity contribution < 1.29 is 24.3 Å². The average Bonchev–Trinajstić information content (AvgIpc) is 3.68. The van der Waals surface area contributed by atoms with Gasteiger partial charge in [-0.25, -0.2) is 4.98 Å². The first-order valence-corrected chi connectivity index (χ1v) is 19.1. The Labute approximate surface area is 363 Å². The van der Waals surface area contributed by atoms with E-state index < -0.39 is 72.6 Å². The maximum atomic E-state index is 12.5. The third-order valence-corrected chi connectivity index (χ3v) is 10.5. The highest BCUT2D eigenvalue weighted by molar-refractivity contribution is 5.98. The maximum absolute atomic E-state index is 12.5. The number of phenolic OH excluding ortho intramolecular Hbond substituents is 1. The van der Waals surface area contributed by atoms with Crippen LogP contribution in [0.3, 0.4) is 0 Å². The first kappa shape index (κ1) is 25.2. The fraction of sp³-hybridized carbons (Fsp3) is 0.222. The second-order valence-electron chi connectivity index (χ2n) is 16.7. The number of para-hydroxylation sites is 2. The SMILES string of the molecule is [2H]c1c([2H])c([2H])c(-c2ccccc2-n2c(-c3cc(C(C)(C)C)cc(C(C)(C)C)c3O)nc3c(-c4cc(-c5cc(-c6ccccc6)ccn5)cc(C(C([2H])([2H])[2H])(C([2H])([2H])[2H])C([2H])([2H])[2H])c4)cccc32)c([2H])c1[2H]. The van der Waals surface area contributed by atoms with Crippen molar-refractivity contribution in [2.75, 3.05) is 0 Å². The molecule has 6 aromatic carbocycles. The Bertz CT molecular complexity index is 3350. The largest absolute Gasteiger partial charge is 0.507 e. The van der Waals surface area contributed by atoms with E-state index in [1.165, 1.54) is 12.1 Å². The first-order valence-electron chi connectivity index (χ1n) is 26.1. The molecule has 2 heterocycles. The predicted molar refractivity (Wildman–Crippen MR) is 244 cm³/mol. The fourth-order valence-corrected chi connectivity index (χ4v) is 7.38. The van der Waals surface area contributed by atoms with Gasteiger partial charge in [0.15, 0.2) is 0 Å². The molecule has 0 amide bonds. The van der Waals surface area contributed by atoms with E-state index in [0.717, 1.165) is 16.7 Å². The smallest absolute Gasteiger partial charge is 0.149 e. The van der Waals surface area contributed by atoms with E-state index in [9.17, 15) is 5.11 Å². The van der Waals surface area contributed by atoms with Crippen molar-refractivity contribution in [2.24, 2.45) is 0 Å². The van der Waals surface area contributed by atoms with E-state index >= 15 is 0 Å². The summed E-state index contributed by atoms with van der Waals surface area (Å²) in [5.74, 6) is 0.0992. The summed E-state index contributed by atoms with van der Waals surface area (Å²) in [7, 11) is 0. The standard InChI is InChI=1S/C54H53N3O/c1-52(2,3)40-30-38(29-39(31-40)46-32-37(27-28-55-46)35-19-12-10-13-20-35)43-24-18-26-48-49(43)56-51(44-33-41(53(4,5)6)34-45(50(44)58)54(7,8)9)57(48)47-25-17-16-23-42(47)36-21-14-11-15-22-36/h10-34,58H,1-9H3/i1D3,2D3,3D3,11D,14D,15D,21D,22D. The second kappa shape index (κ2) is 14.6. The molecule has 0 aliphatic carbocycles. The minimum Gasteiger partial charge on any atom is -0.507 e. The van der Waals surface area contributed by atoms with Gasteiger partial charge in [0.1, 0.15) is 11.6 Å². The molecule has 0 aliphatic rings. The molecule has 0 saturated carbocycles. The van der Waals surface area contributed by atoms with Gasteiger partial charge in [0.25, 0.3) is 0 Å². The number of fused-ring (bicyclic) bond motifs is 1. The number of benzene rings is 6. The highest BCUT2D eigenvalue weighted by Gasteiger charge is 2.29. The summed E-state index contributed by atoms with van der Waals surface area (Å²) in [4.78, 5) is 9.96. The highest BCUT2D eigenvalue weighted by Crippen LogP contribution is 2.45. The molecular formula is C54H53N3O. The van der Waals surface area contributed by atoms with E-state index in [-0.39, 0.29) is 39.3 Å². The predicted octanol–water partition coefficient (Wildman–Crippen LogP) is 14.4. The van der Waals surface area contributed by atoms with Crippen molar-refractivity contribution >= 4 is 11.0 Å². The van der Waals surface area contributed by atoms with Crippen molar-refractivity contribution in [1.82, 2.24) is 14.5 Å². The van der Waals surface area contributed by atoms with E-state index in [1.807, 2.05) is 84.0 Å². The number of nitrogens with zero attached hydrogens (tertiary/aromatic N) is 3. The Hall–Kier alpha value is -6.26. The molecule has 0 atom stereocenters. The lowest BCUT2D eigenvalue weighted by molar-refractivity contribution is 0.446. The Morgan fingerprint density at radius 2 is 1.26 bits per heavy atom. The molecule has 0 saturated heterocycles. The molecule has 2 aromatic heterocycles. The molecule has 4 heteroatoms. The summed E-state index contributed by atoms with van der Waals surface area (Å²) in [6.45, 7) is 1.22. The van der Waals surface area contributed by atoms with Crippen LogP contribution in [-0.4, -0.2) is 19.6 Å². The lowest BCUT2D eigenvalue weighted by Gasteiger charge is -2.27. The average molecular weight is 774 g/mol. The van der Waals surface area contributed by atoms with Crippen LogP contribution in [0.4, 0.5) is 0 Å². The molecule has 4 nitrogen and oxygen atoms in total. The molecule has 1 N–H and O–H groups in total. The zero-order valence-corrected chi connectivity index (χ0v) is 33.3. The van der Waals surface area contributed by atoms with Crippen LogP contribution in [0.1, 0.15) is 98.0 Å². The Balaban J connectivity index is 1.55. The minimum atomic E-state index is -3.60. The number of imidazole rings is 1. The molecule has 0 spiro atoms. The second-order valence-corrected chi connectivity index (χ2v) is 16.7. The number of hydrogen-bond acceptors (Lipinski definition) is 3.